The number of rotatable bonds is 4. The number of piperazine rings is 1. The van der Waals surface area contributed by atoms with Crippen molar-refractivity contribution in [1.29, 1.82) is 0 Å². The maximum absolute atomic E-state index is 12.3. The summed E-state index contributed by atoms with van der Waals surface area (Å²) in [6.45, 7) is 4.87. The maximum atomic E-state index is 12.3. The van der Waals surface area contributed by atoms with Crippen molar-refractivity contribution in [3.63, 3.8) is 0 Å². The molecular formula is C15H17N3O4S. The van der Waals surface area contributed by atoms with Gasteiger partial charge in [0.2, 0.25) is 0 Å². The topological polar surface area (TPSA) is 79.8 Å². The molecule has 1 atom stereocenters. The van der Waals surface area contributed by atoms with Gasteiger partial charge < -0.3 is 9.32 Å². The molecule has 23 heavy (non-hydrogen) atoms. The van der Waals surface area contributed by atoms with Gasteiger partial charge in [-0.3, -0.25) is 19.8 Å². The lowest BCUT2D eigenvalue weighted by Crippen LogP contribution is -2.49. The fourth-order valence-corrected chi connectivity index (χ4v) is 3.48. The second-order valence-corrected chi connectivity index (χ2v) is 6.24. The molecular weight excluding hydrogens is 318 g/mol. The van der Waals surface area contributed by atoms with Gasteiger partial charge in [0.05, 0.1) is 6.07 Å². The van der Waals surface area contributed by atoms with Crippen molar-refractivity contribution in [2.45, 2.75) is 13.0 Å². The Morgan fingerprint density at radius 1 is 1.30 bits per heavy atom. The van der Waals surface area contributed by atoms with E-state index in [4.69, 9.17) is 4.42 Å². The van der Waals surface area contributed by atoms with Gasteiger partial charge in [-0.2, -0.15) is 11.3 Å². The largest absolute Gasteiger partial charge is 0.433 e. The second-order valence-electron chi connectivity index (χ2n) is 5.46. The van der Waals surface area contributed by atoms with Crippen molar-refractivity contribution in [2.75, 3.05) is 26.2 Å². The van der Waals surface area contributed by atoms with Crippen LogP contribution in [0.2, 0.25) is 0 Å². The number of furan rings is 1. The molecule has 1 fully saturated rings. The van der Waals surface area contributed by atoms with E-state index in [-0.39, 0.29) is 11.7 Å². The highest BCUT2D eigenvalue weighted by Crippen LogP contribution is 2.24. The molecule has 2 aromatic heterocycles. The molecule has 1 saturated heterocycles. The number of carbonyl (C=O) groups excluding carboxylic acids is 1. The lowest BCUT2D eigenvalue weighted by atomic mass is 10.1. The molecule has 0 aromatic carbocycles. The predicted molar refractivity (Wildman–Crippen MR) is 85.6 cm³/mol. The smallest absolute Gasteiger partial charge is 0.395 e. The van der Waals surface area contributed by atoms with E-state index in [2.05, 4.69) is 28.7 Å². The summed E-state index contributed by atoms with van der Waals surface area (Å²) >= 11 is 1.68. The zero-order valence-electron chi connectivity index (χ0n) is 12.7. The van der Waals surface area contributed by atoms with E-state index in [0.717, 1.165) is 13.1 Å². The number of hydrogen-bond donors (Lipinski definition) is 0. The van der Waals surface area contributed by atoms with Crippen molar-refractivity contribution < 1.29 is 14.1 Å². The van der Waals surface area contributed by atoms with Gasteiger partial charge in [-0.05, 0) is 35.4 Å². The first-order valence-electron chi connectivity index (χ1n) is 7.36. The SMILES string of the molecule is C[C@@H](c1ccsc1)N1CCN(C(=O)c2ccc([N+](=O)[O-])o2)CC1. The molecule has 0 N–H and O–H groups in total. The number of nitrogens with zero attached hydrogens (tertiary/aromatic N) is 3. The van der Waals surface area contributed by atoms with Crippen molar-refractivity contribution in [1.82, 2.24) is 9.80 Å². The van der Waals surface area contributed by atoms with Gasteiger partial charge in [-0.1, -0.05) is 0 Å². The molecule has 2 aromatic rings. The highest BCUT2D eigenvalue weighted by atomic mass is 32.1. The molecule has 0 bridgehead atoms. The summed E-state index contributed by atoms with van der Waals surface area (Å²) in [5.41, 5.74) is 1.29. The van der Waals surface area contributed by atoms with Crippen LogP contribution in [0.15, 0.2) is 33.4 Å². The van der Waals surface area contributed by atoms with E-state index in [1.54, 1.807) is 16.2 Å². The first kappa shape index (κ1) is 15.7. The third-order valence-corrected chi connectivity index (χ3v) is 4.86. The zero-order chi connectivity index (χ0) is 16.4. The summed E-state index contributed by atoms with van der Waals surface area (Å²) in [7, 11) is 0. The number of amides is 1. The summed E-state index contributed by atoms with van der Waals surface area (Å²) in [6, 6.07) is 5.01. The van der Waals surface area contributed by atoms with Crippen LogP contribution in [0.1, 0.15) is 29.1 Å². The molecule has 3 heterocycles. The van der Waals surface area contributed by atoms with Gasteiger partial charge in [0.1, 0.15) is 4.92 Å². The molecule has 0 unspecified atom stereocenters. The molecule has 1 aliphatic heterocycles. The van der Waals surface area contributed by atoms with Crippen LogP contribution in [-0.4, -0.2) is 46.8 Å². The highest BCUT2D eigenvalue weighted by Gasteiger charge is 2.28. The van der Waals surface area contributed by atoms with E-state index < -0.39 is 10.8 Å². The van der Waals surface area contributed by atoms with Crippen LogP contribution in [-0.2, 0) is 0 Å². The number of nitro groups is 1. The van der Waals surface area contributed by atoms with E-state index in [0.29, 0.717) is 19.1 Å². The fraction of sp³-hybridized carbons (Fsp3) is 0.400. The van der Waals surface area contributed by atoms with Crippen molar-refractivity contribution in [3.05, 3.63) is 50.4 Å². The van der Waals surface area contributed by atoms with Crippen LogP contribution in [0, 0.1) is 10.1 Å². The average molecular weight is 335 g/mol. The molecule has 1 aliphatic rings. The molecule has 7 nitrogen and oxygen atoms in total. The van der Waals surface area contributed by atoms with E-state index >= 15 is 0 Å². The van der Waals surface area contributed by atoms with Gasteiger partial charge in [-0.25, -0.2) is 0 Å². The van der Waals surface area contributed by atoms with Crippen LogP contribution in [0.5, 0.6) is 0 Å². The van der Waals surface area contributed by atoms with Crippen LogP contribution >= 0.6 is 11.3 Å². The minimum atomic E-state index is -0.642. The monoisotopic (exact) mass is 335 g/mol. The maximum Gasteiger partial charge on any atom is 0.433 e. The van der Waals surface area contributed by atoms with Gasteiger partial charge in [-0.15, -0.1) is 0 Å². The number of thiophene rings is 1. The van der Waals surface area contributed by atoms with Crippen molar-refractivity contribution in [3.8, 4) is 0 Å². The Balaban J connectivity index is 1.59. The number of carbonyl (C=O) groups is 1. The molecule has 0 aliphatic carbocycles. The minimum absolute atomic E-state index is 0.0241. The molecule has 122 valence electrons. The van der Waals surface area contributed by atoms with E-state index in [9.17, 15) is 14.9 Å². The van der Waals surface area contributed by atoms with E-state index in [1.807, 2.05) is 0 Å². The third-order valence-electron chi connectivity index (χ3n) is 4.16. The molecule has 0 radical (unpaired) electrons. The van der Waals surface area contributed by atoms with Gasteiger partial charge >= 0.3 is 5.88 Å². The minimum Gasteiger partial charge on any atom is -0.395 e. The first-order chi connectivity index (χ1) is 11.1. The highest BCUT2D eigenvalue weighted by molar-refractivity contribution is 7.07. The lowest BCUT2D eigenvalue weighted by Gasteiger charge is -2.37. The van der Waals surface area contributed by atoms with Crippen LogP contribution in [0.4, 0.5) is 5.88 Å². The van der Waals surface area contributed by atoms with Gasteiger partial charge in [0.15, 0.2) is 5.76 Å². The Morgan fingerprint density at radius 3 is 2.61 bits per heavy atom. The summed E-state index contributed by atoms with van der Waals surface area (Å²) in [4.78, 5) is 26.3. The zero-order valence-corrected chi connectivity index (χ0v) is 13.5. The van der Waals surface area contributed by atoms with Crippen molar-refractivity contribution >= 4 is 23.1 Å². The molecule has 0 saturated carbocycles. The van der Waals surface area contributed by atoms with Gasteiger partial charge in [0.25, 0.3) is 5.91 Å². The Morgan fingerprint density at radius 2 is 2.04 bits per heavy atom. The Labute approximate surface area is 137 Å². The summed E-state index contributed by atoms with van der Waals surface area (Å²) in [6.07, 6.45) is 0. The fourth-order valence-electron chi connectivity index (χ4n) is 2.73. The first-order valence-corrected chi connectivity index (χ1v) is 8.30. The normalized spacial score (nSPS) is 17.2. The Kier molecular flexibility index (Phi) is 4.44. The van der Waals surface area contributed by atoms with Crippen LogP contribution < -0.4 is 0 Å². The van der Waals surface area contributed by atoms with Gasteiger partial charge in [0, 0.05) is 32.2 Å². The summed E-state index contributed by atoms with van der Waals surface area (Å²) in [5.74, 6) is -0.671. The Hall–Kier alpha value is -2.19. The second kappa shape index (κ2) is 6.51. The standard InChI is InChI=1S/C15H17N3O4S/c1-11(12-4-9-23-10-12)16-5-7-17(8-6-16)15(19)13-2-3-14(22-13)18(20)21/h2-4,9-11H,5-8H2,1H3/t11-/m0/s1. The average Bonchev–Trinajstić information content (AvgIpc) is 3.25. The third kappa shape index (κ3) is 3.27. The van der Waals surface area contributed by atoms with Crippen LogP contribution in [0.3, 0.4) is 0 Å². The molecule has 0 spiro atoms. The molecule has 3 rings (SSSR count). The number of hydrogen-bond acceptors (Lipinski definition) is 6. The Bertz CT molecular complexity index is 689. The summed E-state index contributed by atoms with van der Waals surface area (Å²) in [5, 5.41) is 14.8. The quantitative estimate of drug-likeness (QED) is 0.634. The predicted octanol–water partition coefficient (Wildman–Crippen LogP) is 2.77. The van der Waals surface area contributed by atoms with Crippen LogP contribution in [0.25, 0.3) is 0 Å². The lowest BCUT2D eigenvalue weighted by molar-refractivity contribution is -0.402. The molecule has 8 heteroatoms. The molecule has 1 amide bonds. The van der Waals surface area contributed by atoms with E-state index in [1.165, 1.54) is 17.7 Å². The summed E-state index contributed by atoms with van der Waals surface area (Å²) < 4.78 is 4.99. The van der Waals surface area contributed by atoms with Crippen molar-refractivity contribution in [2.24, 2.45) is 0 Å².